The molecule has 1 unspecified atom stereocenters. The van der Waals surface area contributed by atoms with Gasteiger partial charge in [0.1, 0.15) is 0 Å². The van der Waals surface area contributed by atoms with Crippen molar-refractivity contribution in [2.45, 2.75) is 39.7 Å². The smallest absolute Gasteiger partial charge is 0.0178 e. The van der Waals surface area contributed by atoms with Crippen LogP contribution in [0.3, 0.4) is 0 Å². The lowest BCUT2D eigenvalue weighted by atomic mass is 9.96. The van der Waals surface area contributed by atoms with E-state index in [4.69, 9.17) is 0 Å². The predicted molar refractivity (Wildman–Crippen MR) is 74.8 cm³/mol. The Labute approximate surface area is 108 Å². The van der Waals surface area contributed by atoms with Crippen LogP contribution in [-0.4, -0.2) is 12.6 Å². The van der Waals surface area contributed by atoms with Gasteiger partial charge in [0.25, 0.3) is 0 Å². The van der Waals surface area contributed by atoms with Crippen molar-refractivity contribution in [2.24, 2.45) is 5.92 Å². The van der Waals surface area contributed by atoms with Gasteiger partial charge in [-0.3, -0.25) is 0 Å². The number of benzene rings is 1. The normalized spacial score (nSPS) is 13.1. The highest BCUT2D eigenvalue weighted by atomic mass is 79.9. The van der Waals surface area contributed by atoms with Crippen LogP contribution in [-0.2, 0) is 6.42 Å². The Morgan fingerprint density at radius 3 is 2.62 bits per heavy atom. The van der Waals surface area contributed by atoms with Gasteiger partial charge in [0.15, 0.2) is 0 Å². The molecule has 0 fully saturated rings. The number of halogens is 1. The van der Waals surface area contributed by atoms with Gasteiger partial charge in [0.05, 0.1) is 0 Å². The van der Waals surface area contributed by atoms with Crippen molar-refractivity contribution in [2.75, 3.05) is 6.54 Å². The molecule has 0 aliphatic rings. The number of hydrogen-bond donors (Lipinski definition) is 1. The Morgan fingerprint density at radius 1 is 1.31 bits per heavy atom. The molecule has 0 aliphatic carbocycles. The monoisotopic (exact) mass is 283 g/mol. The minimum absolute atomic E-state index is 0.578. The maximum atomic E-state index is 3.62. The van der Waals surface area contributed by atoms with E-state index in [0.29, 0.717) is 12.0 Å². The van der Waals surface area contributed by atoms with Crippen molar-refractivity contribution in [3.63, 3.8) is 0 Å². The Morgan fingerprint density at radius 2 is 2.06 bits per heavy atom. The second-order valence-corrected chi connectivity index (χ2v) is 5.55. The maximum Gasteiger partial charge on any atom is 0.0178 e. The summed E-state index contributed by atoms with van der Waals surface area (Å²) in [5.74, 6) is 0.672. The van der Waals surface area contributed by atoms with E-state index in [2.05, 4.69) is 66.3 Å². The third kappa shape index (κ3) is 4.67. The van der Waals surface area contributed by atoms with Gasteiger partial charge in [-0.2, -0.15) is 0 Å². The fraction of sp³-hybridized carbons (Fsp3) is 0.571. The van der Waals surface area contributed by atoms with Crippen molar-refractivity contribution in [3.8, 4) is 0 Å². The molecule has 1 atom stereocenters. The molecule has 0 saturated heterocycles. The summed E-state index contributed by atoms with van der Waals surface area (Å²) in [6.45, 7) is 7.89. The van der Waals surface area contributed by atoms with Gasteiger partial charge in [-0.05, 0) is 43.0 Å². The second kappa shape index (κ2) is 7.08. The molecule has 0 amide bonds. The average Bonchev–Trinajstić information content (AvgIpc) is 2.24. The molecule has 1 nitrogen and oxygen atoms in total. The van der Waals surface area contributed by atoms with E-state index in [1.807, 2.05) is 0 Å². The maximum absolute atomic E-state index is 3.62. The molecule has 16 heavy (non-hydrogen) atoms. The largest absolute Gasteiger partial charge is 0.313 e. The SMILES string of the molecule is CCCNC(Cc1cccc(Br)c1)C(C)C. The Balaban J connectivity index is 2.60. The summed E-state index contributed by atoms with van der Waals surface area (Å²) in [6, 6.07) is 9.18. The van der Waals surface area contributed by atoms with Crippen LogP contribution in [0.1, 0.15) is 32.8 Å². The van der Waals surface area contributed by atoms with Gasteiger partial charge in [-0.1, -0.05) is 48.8 Å². The Kier molecular flexibility index (Phi) is 6.07. The van der Waals surface area contributed by atoms with E-state index < -0.39 is 0 Å². The minimum atomic E-state index is 0.578. The molecule has 0 bridgehead atoms. The topological polar surface area (TPSA) is 12.0 Å². The van der Waals surface area contributed by atoms with E-state index in [9.17, 15) is 0 Å². The highest BCUT2D eigenvalue weighted by molar-refractivity contribution is 9.10. The third-order valence-corrected chi connectivity index (χ3v) is 3.30. The second-order valence-electron chi connectivity index (χ2n) is 4.64. The minimum Gasteiger partial charge on any atom is -0.313 e. The standard InChI is InChI=1S/C14H22BrN/c1-4-8-16-14(11(2)3)10-12-6-5-7-13(15)9-12/h5-7,9,11,14,16H,4,8,10H2,1-3H3. The van der Waals surface area contributed by atoms with Gasteiger partial charge < -0.3 is 5.32 Å². The Hall–Kier alpha value is -0.340. The Bertz CT molecular complexity index is 309. The van der Waals surface area contributed by atoms with Crippen LogP contribution in [0.15, 0.2) is 28.7 Å². The first kappa shape index (κ1) is 13.7. The first-order valence-corrected chi connectivity index (χ1v) is 6.90. The average molecular weight is 284 g/mol. The summed E-state index contributed by atoms with van der Waals surface area (Å²) in [5.41, 5.74) is 1.40. The third-order valence-electron chi connectivity index (χ3n) is 2.81. The van der Waals surface area contributed by atoms with Crippen LogP contribution in [0.4, 0.5) is 0 Å². The summed E-state index contributed by atoms with van der Waals surface area (Å²) in [5, 5.41) is 3.62. The van der Waals surface area contributed by atoms with Gasteiger partial charge in [-0.15, -0.1) is 0 Å². The molecule has 0 spiro atoms. The predicted octanol–water partition coefficient (Wildman–Crippen LogP) is 4.02. The molecule has 1 rings (SSSR count). The first-order valence-electron chi connectivity index (χ1n) is 6.11. The van der Waals surface area contributed by atoms with Crippen LogP contribution < -0.4 is 5.32 Å². The molecule has 90 valence electrons. The molecule has 1 N–H and O–H groups in total. The molecule has 0 aliphatic heterocycles. The summed E-state index contributed by atoms with van der Waals surface area (Å²) >= 11 is 3.52. The summed E-state index contributed by atoms with van der Waals surface area (Å²) in [6.07, 6.45) is 2.30. The van der Waals surface area contributed by atoms with Crippen LogP contribution >= 0.6 is 15.9 Å². The van der Waals surface area contributed by atoms with E-state index in [0.717, 1.165) is 13.0 Å². The lowest BCUT2D eigenvalue weighted by Crippen LogP contribution is -2.36. The molecule has 0 aromatic heterocycles. The zero-order chi connectivity index (χ0) is 12.0. The molecular weight excluding hydrogens is 262 g/mol. The van der Waals surface area contributed by atoms with Crippen molar-refractivity contribution >= 4 is 15.9 Å². The van der Waals surface area contributed by atoms with Crippen molar-refractivity contribution in [1.82, 2.24) is 5.32 Å². The zero-order valence-electron chi connectivity index (χ0n) is 10.5. The van der Waals surface area contributed by atoms with Gasteiger partial charge in [0.2, 0.25) is 0 Å². The fourth-order valence-corrected chi connectivity index (χ4v) is 2.24. The van der Waals surface area contributed by atoms with Crippen molar-refractivity contribution in [3.05, 3.63) is 34.3 Å². The van der Waals surface area contributed by atoms with Crippen LogP contribution in [0, 0.1) is 5.92 Å². The quantitative estimate of drug-likeness (QED) is 0.832. The molecule has 0 radical (unpaired) electrons. The van der Waals surface area contributed by atoms with Gasteiger partial charge in [-0.25, -0.2) is 0 Å². The van der Waals surface area contributed by atoms with E-state index in [1.54, 1.807) is 0 Å². The van der Waals surface area contributed by atoms with Gasteiger partial charge in [0, 0.05) is 10.5 Å². The first-order chi connectivity index (χ1) is 7.63. The molecule has 1 aromatic carbocycles. The fourth-order valence-electron chi connectivity index (χ4n) is 1.79. The van der Waals surface area contributed by atoms with Crippen molar-refractivity contribution < 1.29 is 0 Å². The van der Waals surface area contributed by atoms with Crippen LogP contribution in [0.5, 0.6) is 0 Å². The van der Waals surface area contributed by atoms with E-state index in [1.165, 1.54) is 16.5 Å². The van der Waals surface area contributed by atoms with Crippen LogP contribution in [0.25, 0.3) is 0 Å². The number of hydrogen-bond acceptors (Lipinski definition) is 1. The highest BCUT2D eigenvalue weighted by Crippen LogP contribution is 2.15. The molecule has 2 heteroatoms. The van der Waals surface area contributed by atoms with Gasteiger partial charge >= 0.3 is 0 Å². The summed E-state index contributed by atoms with van der Waals surface area (Å²) < 4.78 is 1.17. The molecule has 1 aromatic rings. The zero-order valence-corrected chi connectivity index (χ0v) is 12.0. The molecule has 0 heterocycles. The lowest BCUT2D eigenvalue weighted by molar-refractivity contribution is 0.397. The molecule has 0 saturated carbocycles. The number of rotatable bonds is 6. The lowest BCUT2D eigenvalue weighted by Gasteiger charge is -2.22. The number of nitrogens with one attached hydrogen (secondary N) is 1. The van der Waals surface area contributed by atoms with Crippen LogP contribution in [0.2, 0.25) is 0 Å². The van der Waals surface area contributed by atoms with Crippen molar-refractivity contribution in [1.29, 1.82) is 0 Å². The molecular formula is C14H22BrN. The van der Waals surface area contributed by atoms with E-state index in [-0.39, 0.29) is 0 Å². The summed E-state index contributed by atoms with van der Waals surface area (Å²) in [7, 11) is 0. The highest BCUT2D eigenvalue weighted by Gasteiger charge is 2.12. The van der Waals surface area contributed by atoms with E-state index >= 15 is 0 Å². The summed E-state index contributed by atoms with van der Waals surface area (Å²) in [4.78, 5) is 0.